The van der Waals surface area contributed by atoms with Crippen molar-refractivity contribution < 1.29 is 9.78 Å². The van der Waals surface area contributed by atoms with Crippen LogP contribution in [0.3, 0.4) is 0 Å². The van der Waals surface area contributed by atoms with Crippen LogP contribution in [0.1, 0.15) is 50.2 Å². The van der Waals surface area contributed by atoms with E-state index < -0.39 is 0 Å². The number of benzene rings is 1. The van der Waals surface area contributed by atoms with Crippen LogP contribution in [0.4, 0.5) is 0 Å². The summed E-state index contributed by atoms with van der Waals surface area (Å²) < 4.78 is 0. The molecule has 1 heterocycles. The van der Waals surface area contributed by atoms with E-state index in [1.165, 1.54) is 36.8 Å². The number of para-hydroxylation sites is 1. The van der Waals surface area contributed by atoms with E-state index in [1.54, 1.807) is 0 Å². The standard InChI is InChI=1S/C15H22O2/c1-2-3-4-5-8-13-9-6-10-14-11-7-12-16-17-15(13)14/h6,9-10H,2-5,7-8,11-12H2,1H3. The summed E-state index contributed by atoms with van der Waals surface area (Å²) in [4.78, 5) is 10.6. The zero-order chi connectivity index (χ0) is 11.9. The molecule has 0 aliphatic carbocycles. The average Bonchev–Trinajstić information content (AvgIpc) is 2.60. The maximum Gasteiger partial charge on any atom is 0.171 e. The van der Waals surface area contributed by atoms with Gasteiger partial charge in [0.1, 0.15) is 0 Å². The Kier molecular flexibility index (Phi) is 4.87. The van der Waals surface area contributed by atoms with Crippen LogP contribution in [0, 0.1) is 0 Å². The van der Waals surface area contributed by atoms with E-state index >= 15 is 0 Å². The van der Waals surface area contributed by atoms with Crippen molar-refractivity contribution in [1.29, 1.82) is 0 Å². The van der Waals surface area contributed by atoms with Gasteiger partial charge in [0, 0.05) is 0 Å². The molecule has 2 rings (SSSR count). The Morgan fingerprint density at radius 3 is 3.00 bits per heavy atom. The van der Waals surface area contributed by atoms with E-state index in [0.29, 0.717) is 6.61 Å². The topological polar surface area (TPSA) is 18.5 Å². The first-order chi connectivity index (χ1) is 8.42. The Bertz CT molecular complexity index is 347. The molecule has 1 aromatic carbocycles. The van der Waals surface area contributed by atoms with Crippen LogP contribution in [0.2, 0.25) is 0 Å². The third-order valence-corrected chi connectivity index (χ3v) is 3.29. The second-order valence-corrected chi connectivity index (χ2v) is 4.72. The van der Waals surface area contributed by atoms with Gasteiger partial charge in [-0.2, -0.15) is 4.89 Å². The predicted molar refractivity (Wildman–Crippen MR) is 69.2 cm³/mol. The van der Waals surface area contributed by atoms with Gasteiger partial charge in [-0.05, 0) is 36.8 Å². The van der Waals surface area contributed by atoms with E-state index in [2.05, 4.69) is 25.1 Å². The molecule has 0 radical (unpaired) electrons. The Hall–Kier alpha value is -1.02. The molecule has 0 amide bonds. The minimum Gasteiger partial charge on any atom is -0.337 e. The molecule has 0 saturated carbocycles. The van der Waals surface area contributed by atoms with Crippen LogP contribution in [-0.2, 0) is 17.7 Å². The van der Waals surface area contributed by atoms with Crippen molar-refractivity contribution in [2.24, 2.45) is 0 Å². The number of fused-ring (bicyclic) bond motifs is 1. The Labute approximate surface area is 104 Å². The second-order valence-electron chi connectivity index (χ2n) is 4.72. The summed E-state index contributed by atoms with van der Waals surface area (Å²) in [6, 6.07) is 6.46. The van der Waals surface area contributed by atoms with Gasteiger partial charge in [-0.1, -0.05) is 44.4 Å². The van der Waals surface area contributed by atoms with E-state index in [9.17, 15) is 0 Å². The lowest BCUT2D eigenvalue weighted by molar-refractivity contribution is -0.204. The molecule has 2 nitrogen and oxygen atoms in total. The molecular formula is C15H22O2. The van der Waals surface area contributed by atoms with Crippen LogP contribution < -0.4 is 4.89 Å². The summed E-state index contributed by atoms with van der Waals surface area (Å²) in [5.74, 6) is 0.987. The Morgan fingerprint density at radius 1 is 1.18 bits per heavy atom. The predicted octanol–water partition coefficient (Wildman–Crippen LogP) is 4.07. The summed E-state index contributed by atoms with van der Waals surface area (Å²) >= 11 is 0. The van der Waals surface area contributed by atoms with Crippen molar-refractivity contribution in [3.05, 3.63) is 29.3 Å². The number of unbranched alkanes of at least 4 members (excludes halogenated alkanes) is 3. The fourth-order valence-electron chi connectivity index (χ4n) is 2.30. The van der Waals surface area contributed by atoms with Gasteiger partial charge in [-0.25, -0.2) is 0 Å². The molecule has 17 heavy (non-hydrogen) atoms. The molecule has 0 spiro atoms. The van der Waals surface area contributed by atoms with Crippen LogP contribution in [0.25, 0.3) is 0 Å². The maximum absolute atomic E-state index is 5.44. The summed E-state index contributed by atoms with van der Waals surface area (Å²) in [6.45, 7) is 2.94. The molecule has 0 N–H and O–H groups in total. The van der Waals surface area contributed by atoms with Crippen LogP contribution in [0.5, 0.6) is 5.75 Å². The van der Waals surface area contributed by atoms with E-state index in [1.807, 2.05) is 0 Å². The SMILES string of the molecule is CCCCCCc1cccc2c1OOCCC2. The molecule has 94 valence electrons. The molecule has 0 aromatic heterocycles. The zero-order valence-electron chi connectivity index (χ0n) is 10.7. The maximum atomic E-state index is 5.44. The van der Waals surface area contributed by atoms with Crippen molar-refractivity contribution in [1.82, 2.24) is 0 Å². The Morgan fingerprint density at radius 2 is 2.12 bits per heavy atom. The fraction of sp³-hybridized carbons (Fsp3) is 0.600. The third-order valence-electron chi connectivity index (χ3n) is 3.29. The lowest BCUT2D eigenvalue weighted by Gasteiger charge is -2.10. The molecule has 1 aromatic rings. The fourth-order valence-corrected chi connectivity index (χ4v) is 2.30. The number of hydrogen-bond acceptors (Lipinski definition) is 2. The monoisotopic (exact) mass is 234 g/mol. The van der Waals surface area contributed by atoms with E-state index in [0.717, 1.165) is 25.0 Å². The highest BCUT2D eigenvalue weighted by Gasteiger charge is 2.13. The molecule has 0 unspecified atom stereocenters. The van der Waals surface area contributed by atoms with Gasteiger partial charge in [0.2, 0.25) is 0 Å². The van der Waals surface area contributed by atoms with Gasteiger partial charge >= 0.3 is 0 Å². The highest BCUT2D eigenvalue weighted by molar-refractivity contribution is 5.41. The molecule has 0 saturated heterocycles. The van der Waals surface area contributed by atoms with Crippen molar-refractivity contribution in [3.63, 3.8) is 0 Å². The first kappa shape index (κ1) is 12.4. The van der Waals surface area contributed by atoms with Crippen LogP contribution in [-0.4, -0.2) is 6.61 Å². The summed E-state index contributed by atoms with van der Waals surface area (Å²) in [6.07, 6.45) is 8.38. The first-order valence-electron chi connectivity index (χ1n) is 6.82. The van der Waals surface area contributed by atoms with Gasteiger partial charge in [0.05, 0.1) is 6.61 Å². The molecule has 1 aliphatic heterocycles. The minimum atomic E-state index is 0.698. The lowest BCUT2D eigenvalue weighted by Crippen LogP contribution is -1.99. The minimum absolute atomic E-state index is 0.698. The van der Waals surface area contributed by atoms with Crippen molar-refractivity contribution >= 4 is 0 Å². The molecule has 0 bridgehead atoms. The van der Waals surface area contributed by atoms with Gasteiger partial charge in [0.15, 0.2) is 5.75 Å². The summed E-state index contributed by atoms with van der Waals surface area (Å²) in [7, 11) is 0. The van der Waals surface area contributed by atoms with Gasteiger partial charge < -0.3 is 4.89 Å². The third kappa shape index (κ3) is 3.47. The molecular weight excluding hydrogens is 212 g/mol. The van der Waals surface area contributed by atoms with E-state index in [-0.39, 0.29) is 0 Å². The molecule has 2 heteroatoms. The highest BCUT2D eigenvalue weighted by atomic mass is 17.2. The van der Waals surface area contributed by atoms with Crippen molar-refractivity contribution in [3.8, 4) is 5.75 Å². The molecule has 0 atom stereocenters. The zero-order valence-corrected chi connectivity index (χ0v) is 10.7. The van der Waals surface area contributed by atoms with Gasteiger partial charge in [-0.15, -0.1) is 0 Å². The number of rotatable bonds is 5. The van der Waals surface area contributed by atoms with Gasteiger partial charge in [0.25, 0.3) is 0 Å². The highest BCUT2D eigenvalue weighted by Crippen LogP contribution is 2.29. The normalized spacial score (nSPS) is 14.9. The van der Waals surface area contributed by atoms with Gasteiger partial charge in [-0.3, -0.25) is 0 Å². The van der Waals surface area contributed by atoms with E-state index in [4.69, 9.17) is 9.78 Å². The van der Waals surface area contributed by atoms with Crippen molar-refractivity contribution in [2.75, 3.05) is 6.61 Å². The number of aryl methyl sites for hydroxylation is 2. The summed E-state index contributed by atoms with van der Waals surface area (Å²) in [5.41, 5.74) is 2.61. The Balaban J connectivity index is 2.01. The first-order valence-corrected chi connectivity index (χ1v) is 6.82. The largest absolute Gasteiger partial charge is 0.337 e. The molecule has 0 fully saturated rings. The second kappa shape index (κ2) is 6.65. The quantitative estimate of drug-likeness (QED) is 0.565. The smallest absolute Gasteiger partial charge is 0.171 e. The molecule has 1 aliphatic rings. The van der Waals surface area contributed by atoms with Crippen LogP contribution in [0.15, 0.2) is 18.2 Å². The number of hydrogen-bond donors (Lipinski definition) is 0. The lowest BCUT2D eigenvalue weighted by atomic mass is 10.0. The summed E-state index contributed by atoms with van der Waals surface area (Å²) in [5, 5.41) is 0. The average molecular weight is 234 g/mol. The van der Waals surface area contributed by atoms with Crippen LogP contribution >= 0.6 is 0 Å². The van der Waals surface area contributed by atoms with Crippen molar-refractivity contribution in [2.45, 2.75) is 51.9 Å².